The number of nitro benzene ring substituents is 1. The third kappa shape index (κ3) is 4.87. The fraction of sp³-hybridized carbons (Fsp3) is 0.278. The molecular formula is C18H19N5O4S2. The van der Waals surface area contributed by atoms with E-state index in [1.54, 1.807) is 13.0 Å². The summed E-state index contributed by atoms with van der Waals surface area (Å²) in [5.41, 5.74) is 2.07. The zero-order chi connectivity index (χ0) is 21.0. The van der Waals surface area contributed by atoms with Gasteiger partial charge in [-0.1, -0.05) is 18.3 Å². The number of ether oxygens (including phenoxy) is 1. The molecule has 0 atom stereocenters. The van der Waals surface area contributed by atoms with Gasteiger partial charge in [-0.25, -0.2) is 9.97 Å². The highest BCUT2D eigenvalue weighted by molar-refractivity contribution is 7.20. The van der Waals surface area contributed by atoms with Gasteiger partial charge >= 0.3 is 0 Å². The van der Waals surface area contributed by atoms with Gasteiger partial charge in [0.2, 0.25) is 5.91 Å². The number of amides is 1. The molecule has 9 nitrogen and oxygen atoms in total. The highest BCUT2D eigenvalue weighted by Gasteiger charge is 2.16. The van der Waals surface area contributed by atoms with E-state index in [0.29, 0.717) is 34.7 Å². The summed E-state index contributed by atoms with van der Waals surface area (Å²) < 4.78 is 5.52. The minimum atomic E-state index is -0.463. The molecule has 1 amide bonds. The highest BCUT2D eigenvalue weighted by atomic mass is 32.1. The summed E-state index contributed by atoms with van der Waals surface area (Å²) in [5, 5.41) is 20.0. The summed E-state index contributed by atoms with van der Waals surface area (Å²) in [6, 6.07) is 4.40. The molecule has 0 bridgehead atoms. The number of non-ortho nitro benzene ring substituents is 1. The first kappa shape index (κ1) is 20.7. The summed E-state index contributed by atoms with van der Waals surface area (Å²) >= 11 is 2.76. The summed E-state index contributed by atoms with van der Waals surface area (Å²) in [6.07, 6.45) is 0.385. The molecule has 0 aliphatic heterocycles. The van der Waals surface area contributed by atoms with Crippen molar-refractivity contribution >= 4 is 50.2 Å². The zero-order valence-electron chi connectivity index (χ0n) is 16.0. The SMILES string of the molecule is CCOc1cc([N+](=O)[O-])ccc1Nc1nc(-c2sc(NC(=O)CC)nc2C)cs1. The number of thiazole rings is 2. The average Bonchev–Trinajstić information content (AvgIpc) is 3.29. The van der Waals surface area contributed by atoms with Gasteiger partial charge in [0.25, 0.3) is 5.69 Å². The molecule has 3 rings (SSSR count). The molecule has 0 saturated carbocycles. The molecular weight excluding hydrogens is 414 g/mol. The van der Waals surface area contributed by atoms with Crippen molar-refractivity contribution in [3.63, 3.8) is 0 Å². The van der Waals surface area contributed by atoms with Crippen LogP contribution in [0.15, 0.2) is 23.6 Å². The van der Waals surface area contributed by atoms with E-state index in [-0.39, 0.29) is 11.6 Å². The molecule has 2 aromatic heterocycles. The first-order valence-electron chi connectivity index (χ1n) is 8.82. The maximum atomic E-state index is 11.6. The molecule has 3 aromatic rings. The van der Waals surface area contributed by atoms with Gasteiger partial charge in [-0.2, -0.15) is 0 Å². The number of aryl methyl sites for hydroxylation is 1. The molecule has 0 unspecified atom stereocenters. The molecule has 1 aromatic carbocycles. The number of anilines is 3. The van der Waals surface area contributed by atoms with Crippen LogP contribution in [0.4, 0.5) is 21.6 Å². The van der Waals surface area contributed by atoms with Crippen molar-refractivity contribution in [1.29, 1.82) is 0 Å². The number of benzene rings is 1. The Hall–Kier alpha value is -3.05. The summed E-state index contributed by atoms with van der Waals surface area (Å²) in [5.74, 6) is 0.296. The largest absolute Gasteiger partial charge is 0.491 e. The Labute approximate surface area is 174 Å². The topological polar surface area (TPSA) is 119 Å². The molecule has 2 heterocycles. The van der Waals surface area contributed by atoms with E-state index >= 15 is 0 Å². The van der Waals surface area contributed by atoms with Crippen LogP contribution in [-0.4, -0.2) is 27.4 Å². The Bertz CT molecular complexity index is 1050. The van der Waals surface area contributed by atoms with Crippen molar-refractivity contribution in [2.45, 2.75) is 27.2 Å². The molecule has 0 aliphatic rings. The Morgan fingerprint density at radius 1 is 1.28 bits per heavy atom. The lowest BCUT2D eigenvalue weighted by molar-refractivity contribution is -0.384. The first-order chi connectivity index (χ1) is 13.9. The maximum Gasteiger partial charge on any atom is 0.273 e. The summed E-state index contributed by atoms with van der Waals surface area (Å²) in [7, 11) is 0. The van der Waals surface area contributed by atoms with Crippen LogP contribution in [0.3, 0.4) is 0 Å². The Balaban J connectivity index is 1.82. The third-order valence-electron chi connectivity index (χ3n) is 3.82. The normalized spacial score (nSPS) is 10.6. The fourth-order valence-electron chi connectivity index (χ4n) is 2.45. The molecule has 0 spiro atoms. The monoisotopic (exact) mass is 433 g/mol. The lowest BCUT2D eigenvalue weighted by Gasteiger charge is -2.10. The van der Waals surface area contributed by atoms with E-state index in [2.05, 4.69) is 20.6 Å². The van der Waals surface area contributed by atoms with E-state index in [4.69, 9.17) is 4.74 Å². The van der Waals surface area contributed by atoms with Gasteiger partial charge in [0.15, 0.2) is 10.3 Å². The Morgan fingerprint density at radius 2 is 2.07 bits per heavy atom. The number of aromatic nitrogens is 2. The summed E-state index contributed by atoms with van der Waals surface area (Å²) in [6.45, 7) is 5.84. The quantitative estimate of drug-likeness (QED) is 0.380. The van der Waals surface area contributed by atoms with Gasteiger partial charge in [-0.3, -0.25) is 14.9 Å². The second kappa shape index (κ2) is 8.97. The van der Waals surface area contributed by atoms with Crippen molar-refractivity contribution in [2.24, 2.45) is 0 Å². The Morgan fingerprint density at radius 3 is 2.76 bits per heavy atom. The van der Waals surface area contributed by atoms with Crippen LogP contribution in [0.2, 0.25) is 0 Å². The van der Waals surface area contributed by atoms with Crippen LogP contribution in [-0.2, 0) is 4.79 Å². The van der Waals surface area contributed by atoms with Gasteiger partial charge in [-0.05, 0) is 19.9 Å². The standard InChI is InChI=1S/C18H19N5O4S2/c1-4-15(24)22-18-19-10(3)16(29-18)13-9-28-17(21-13)20-12-7-6-11(23(25)26)8-14(12)27-5-2/h6-9H,4-5H2,1-3H3,(H,20,21)(H,19,22,24). The molecule has 0 aliphatic carbocycles. The van der Waals surface area contributed by atoms with Gasteiger partial charge < -0.3 is 15.4 Å². The third-order valence-corrected chi connectivity index (χ3v) is 5.67. The number of carbonyl (C=O) groups is 1. The maximum absolute atomic E-state index is 11.6. The summed E-state index contributed by atoms with van der Waals surface area (Å²) in [4.78, 5) is 31.9. The smallest absolute Gasteiger partial charge is 0.273 e. The second-order valence-corrected chi connectivity index (χ2v) is 7.73. The molecule has 11 heteroatoms. The van der Waals surface area contributed by atoms with Crippen molar-refractivity contribution in [3.05, 3.63) is 39.4 Å². The van der Waals surface area contributed by atoms with Crippen LogP contribution >= 0.6 is 22.7 Å². The van der Waals surface area contributed by atoms with E-state index in [9.17, 15) is 14.9 Å². The van der Waals surface area contributed by atoms with Gasteiger partial charge in [0, 0.05) is 17.9 Å². The zero-order valence-corrected chi connectivity index (χ0v) is 17.6. The van der Waals surface area contributed by atoms with Crippen LogP contribution in [0.25, 0.3) is 10.6 Å². The van der Waals surface area contributed by atoms with Crippen molar-refractivity contribution in [3.8, 4) is 16.3 Å². The van der Waals surface area contributed by atoms with Crippen molar-refractivity contribution in [1.82, 2.24) is 9.97 Å². The first-order valence-corrected chi connectivity index (χ1v) is 10.5. The Kier molecular flexibility index (Phi) is 6.39. The number of rotatable bonds is 8. The van der Waals surface area contributed by atoms with E-state index in [1.807, 2.05) is 19.2 Å². The van der Waals surface area contributed by atoms with E-state index in [1.165, 1.54) is 34.8 Å². The molecule has 0 saturated heterocycles. The number of carbonyl (C=O) groups excluding carboxylic acids is 1. The lowest BCUT2D eigenvalue weighted by Crippen LogP contribution is -2.08. The average molecular weight is 434 g/mol. The molecule has 0 fully saturated rings. The van der Waals surface area contributed by atoms with Crippen LogP contribution in [0.1, 0.15) is 26.0 Å². The van der Waals surface area contributed by atoms with E-state index < -0.39 is 4.92 Å². The fourth-order valence-corrected chi connectivity index (χ4v) is 4.18. The molecule has 2 N–H and O–H groups in total. The number of nitro groups is 1. The number of hydrogen-bond donors (Lipinski definition) is 2. The van der Waals surface area contributed by atoms with Gasteiger partial charge in [0.1, 0.15) is 5.75 Å². The van der Waals surface area contributed by atoms with Crippen LogP contribution in [0, 0.1) is 17.0 Å². The second-order valence-electron chi connectivity index (χ2n) is 5.87. The van der Waals surface area contributed by atoms with Gasteiger partial charge in [0.05, 0.1) is 39.5 Å². The van der Waals surface area contributed by atoms with Crippen LogP contribution < -0.4 is 15.4 Å². The minimum absolute atomic E-state index is 0.0410. The molecule has 29 heavy (non-hydrogen) atoms. The number of hydrogen-bond acceptors (Lipinski definition) is 9. The van der Waals surface area contributed by atoms with Crippen LogP contribution in [0.5, 0.6) is 5.75 Å². The predicted octanol–water partition coefficient (Wildman–Crippen LogP) is 4.97. The van der Waals surface area contributed by atoms with Crippen molar-refractivity contribution in [2.75, 3.05) is 17.2 Å². The molecule has 0 radical (unpaired) electrons. The minimum Gasteiger partial charge on any atom is -0.491 e. The number of nitrogens with zero attached hydrogens (tertiary/aromatic N) is 3. The molecule has 152 valence electrons. The van der Waals surface area contributed by atoms with Crippen molar-refractivity contribution < 1.29 is 14.5 Å². The number of nitrogens with one attached hydrogen (secondary N) is 2. The predicted molar refractivity (Wildman–Crippen MR) is 114 cm³/mol. The van der Waals surface area contributed by atoms with E-state index in [0.717, 1.165) is 16.3 Å². The van der Waals surface area contributed by atoms with Gasteiger partial charge in [-0.15, -0.1) is 11.3 Å². The lowest BCUT2D eigenvalue weighted by atomic mass is 10.2. The highest BCUT2D eigenvalue weighted by Crippen LogP contribution is 2.37.